The molecular weight excluding hydrogens is 193 g/mol. The third-order valence-electron chi connectivity index (χ3n) is 3.20. The van der Waals surface area contributed by atoms with Crippen molar-refractivity contribution in [2.24, 2.45) is 13.0 Å². The highest BCUT2D eigenvalue weighted by atomic mass is 19.4. The highest BCUT2D eigenvalue weighted by Crippen LogP contribution is 2.57. The van der Waals surface area contributed by atoms with E-state index in [1.165, 1.54) is 4.68 Å². The lowest BCUT2D eigenvalue weighted by Crippen LogP contribution is -2.09. The Balaban J connectivity index is 2.16. The topological polar surface area (TPSA) is 17.8 Å². The van der Waals surface area contributed by atoms with E-state index in [0.29, 0.717) is 23.8 Å². The molecule has 2 aliphatic rings. The van der Waals surface area contributed by atoms with Crippen LogP contribution in [0.4, 0.5) is 13.2 Å². The highest BCUT2D eigenvalue weighted by Gasteiger charge is 2.52. The molecule has 5 heteroatoms. The molecule has 1 fully saturated rings. The van der Waals surface area contributed by atoms with Gasteiger partial charge in [-0.3, -0.25) is 4.68 Å². The largest absolute Gasteiger partial charge is 0.435 e. The molecule has 2 unspecified atom stereocenters. The summed E-state index contributed by atoms with van der Waals surface area (Å²) in [5.74, 6) is 0.828. The summed E-state index contributed by atoms with van der Waals surface area (Å²) in [7, 11) is 1.61. The van der Waals surface area contributed by atoms with Crippen molar-refractivity contribution < 1.29 is 13.2 Å². The van der Waals surface area contributed by atoms with Gasteiger partial charge in [-0.15, -0.1) is 0 Å². The average molecular weight is 202 g/mol. The van der Waals surface area contributed by atoms with Crippen LogP contribution in [0.25, 0.3) is 0 Å². The lowest BCUT2D eigenvalue weighted by molar-refractivity contribution is -0.142. The first-order valence-electron chi connectivity index (χ1n) is 4.61. The van der Waals surface area contributed by atoms with Crippen molar-refractivity contribution in [1.82, 2.24) is 9.78 Å². The molecule has 2 aliphatic carbocycles. The molecule has 0 saturated heterocycles. The van der Waals surface area contributed by atoms with Gasteiger partial charge in [0.25, 0.3) is 0 Å². The Morgan fingerprint density at radius 1 is 1.43 bits per heavy atom. The maximum atomic E-state index is 12.5. The molecule has 0 bridgehead atoms. The predicted molar refractivity (Wildman–Crippen MR) is 42.8 cm³/mol. The van der Waals surface area contributed by atoms with Crippen LogP contribution in [0.15, 0.2) is 0 Å². The fraction of sp³-hybridized carbons (Fsp3) is 0.667. The van der Waals surface area contributed by atoms with E-state index in [9.17, 15) is 13.2 Å². The molecule has 14 heavy (non-hydrogen) atoms. The van der Waals surface area contributed by atoms with E-state index in [1.807, 2.05) is 0 Å². The molecule has 1 saturated carbocycles. The van der Waals surface area contributed by atoms with Gasteiger partial charge in [-0.25, -0.2) is 0 Å². The molecule has 0 spiro atoms. The number of hydrogen-bond donors (Lipinski definition) is 0. The van der Waals surface area contributed by atoms with Gasteiger partial charge >= 0.3 is 6.18 Å². The fourth-order valence-electron chi connectivity index (χ4n) is 2.54. The summed E-state index contributed by atoms with van der Waals surface area (Å²) in [6.45, 7) is 0. The number of nitrogens with zero attached hydrogens (tertiary/aromatic N) is 2. The zero-order valence-corrected chi connectivity index (χ0v) is 7.60. The van der Waals surface area contributed by atoms with Crippen molar-refractivity contribution in [2.45, 2.75) is 24.9 Å². The van der Waals surface area contributed by atoms with Gasteiger partial charge in [0.2, 0.25) is 0 Å². The zero-order valence-electron chi connectivity index (χ0n) is 7.60. The number of alkyl halides is 3. The summed E-state index contributed by atoms with van der Waals surface area (Å²) in [4.78, 5) is 0. The SMILES string of the molecule is Cn1nc(C(F)(F)F)c2c1C1CC1C2. The van der Waals surface area contributed by atoms with Crippen molar-refractivity contribution in [2.75, 3.05) is 0 Å². The second kappa shape index (κ2) is 2.15. The quantitative estimate of drug-likeness (QED) is 0.630. The van der Waals surface area contributed by atoms with Gasteiger partial charge in [0, 0.05) is 24.2 Å². The van der Waals surface area contributed by atoms with Crippen LogP contribution in [0.1, 0.15) is 29.3 Å². The van der Waals surface area contributed by atoms with Gasteiger partial charge in [-0.05, 0) is 18.8 Å². The van der Waals surface area contributed by atoms with Gasteiger partial charge < -0.3 is 0 Å². The Bertz CT molecular complexity index is 405. The Labute approximate surface area is 78.7 Å². The van der Waals surface area contributed by atoms with Crippen molar-refractivity contribution >= 4 is 0 Å². The Morgan fingerprint density at radius 3 is 2.79 bits per heavy atom. The van der Waals surface area contributed by atoms with Crippen LogP contribution >= 0.6 is 0 Å². The first-order chi connectivity index (χ1) is 6.48. The average Bonchev–Trinajstić information content (AvgIpc) is 2.55. The molecule has 1 aromatic rings. The molecule has 2 nitrogen and oxygen atoms in total. The van der Waals surface area contributed by atoms with E-state index in [-0.39, 0.29) is 0 Å². The van der Waals surface area contributed by atoms with Gasteiger partial charge in [0.05, 0.1) is 0 Å². The summed E-state index contributed by atoms with van der Waals surface area (Å²) in [5.41, 5.74) is 0.603. The smallest absolute Gasteiger partial charge is 0.271 e. The molecule has 76 valence electrons. The van der Waals surface area contributed by atoms with E-state index in [0.717, 1.165) is 12.1 Å². The third-order valence-corrected chi connectivity index (χ3v) is 3.20. The minimum atomic E-state index is -4.29. The number of rotatable bonds is 0. The molecule has 3 rings (SSSR count). The Hall–Kier alpha value is -1.00. The van der Waals surface area contributed by atoms with Crippen LogP contribution in [0.2, 0.25) is 0 Å². The normalized spacial score (nSPS) is 28.9. The van der Waals surface area contributed by atoms with E-state index in [4.69, 9.17) is 0 Å². The first kappa shape index (κ1) is 8.32. The number of aryl methyl sites for hydroxylation is 1. The number of halogens is 3. The van der Waals surface area contributed by atoms with E-state index >= 15 is 0 Å². The molecular formula is C9H9F3N2. The fourth-order valence-corrected chi connectivity index (χ4v) is 2.54. The maximum Gasteiger partial charge on any atom is 0.435 e. The first-order valence-corrected chi connectivity index (χ1v) is 4.61. The van der Waals surface area contributed by atoms with Crippen molar-refractivity contribution in [3.05, 3.63) is 17.0 Å². The van der Waals surface area contributed by atoms with Gasteiger partial charge in [0.1, 0.15) is 0 Å². The van der Waals surface area contributed by atoms with Crippen molar-refractivity contribution in [3.8, 4) is 0 Å². The predicted octanol–water partition coefficient (Wildman–Crippen LogP) is 2.10. The Kier molecular flexibility index (Phi) is 1.28. The molecule has 0 radical (unpaired) electrons. The molecule has 1 heterocycles. The third kappa shape index (κ3) is 0.898. The van der Waals surface area contributed by atoms with Gasteiger partial charge in [0.15, 0.2) is 5.69 Å². The number of aromatic nitrogens is 2. The minimum Gasteiger partial charge on any atom is -0.271 e. The van der Waals surface area contributed by atoms with E-state index in [2.05, 4.69) is 5.10 Å². The lowest BCUT2D eigenvalue weighted by Gasteiger charge is -2.04. The van der Waals surface area contributed by atoms with Crippen LogP contribution in [0.3, 0.4) is 0 Å². The molecule has 0 aliphatic heterocycles. The van der Waals surface area contributed by atoms with Crippen LogP contribution in [-0.4, -0.2) is 9.78 Å². The zero-order chi connectivity index (χ0) is 10.1. The summed E-state index contributed by atoms with van der Waals surface area (Å²) in [6.07, 6.45) is -2.67. The summed E-state index contributed by atoms with van der Waals surface area (Å²) < 4.78 is 39.0. The number of hydrogen-bond acceptors (Lipinski definition) is 1. The Morgan fingerprint density at radius 2 is 2.14 bits per heavy atom. The van der Waals surface area contributed by atoms with Gasteiger partial charge in [-0.2, -0.15) is 18.3 Å². The van der Waals surface area contributed by atoms with Gasteiger partial charge in [-0.1, -0.05) is 0 Å². The van der Waals surface area contributed by atoms with Crippen molar-refractivity contribution in [3.63, 3.8) is 0 Å². The summed E-state index contributed by atoms with van der Waals surface area (Å²) >= 11 is 0. The lowest BCUT2D eigenvalue weighted by atomic mass is 10.1. The highest BCUT2D eigenvalue weighted by molar-refractivity contribution is 5.41. The second-order valence-electron chi connectivity index (χ2n) is 4.14. The maximum absolute atomic E-state index is 12.5. The second-order valence-corrected chi connectivity index (χ2v) is 4.14. The molecule has 0 N–H and O–H groups in total. The number of fused-ring (bicyclic) bond motifs is 3. The van der Waals surface area contributed by atoms with E-state index in [1.54, 1.807) is 7.05 Å². The monoisotopic (exact) mass is 202 g/mol. The van der Waals surface area contributed by atoms with Crippen LogP contribution in [-0.2, 0) is 19.6 Å². The molecule has 0 amide bonds. The molecule has 1 aromatic heterocycles. The minimum absolute atomic E-state index is 0.360. The molecule has 0 aromatic carbocycles. The van der Waals surface area contributed by atoms with Crippen molar-refractivity contribution in [1.29, 1.82) is 0 Å². The molecule has 2 atom stereocenters. The summed E-state index contributed by atoms with van der Waals surface area (Å²) in [5, 5.41) is 3.57. The van der Waals surface area contributed by atoms with Crippen LogP contribution < -0.4 is 0 Å². The van der Waals surface area contributed by atoms with Crippen LogP contribution in [0.5, 0.6) is 0 Å². The standard InChI is InChI=1S/C9H9F3N2/c1-14-7-5-2-4(5)3-6(7)8(13-14)9(10,11)12/h4-5H,2-3H2,1H3. The van der Waals surface area contributed by atoms with Crippen LogP contribution in [0, 0.1) is 5.92 Å². The summed E-state index contributed by atoms with van der Waals surface area (Å²) in [6, 6.07) is 0. The van der Waals surface area contributed by atoms with E-state index < -0.39 is 11.9 Å².